The van der Waals surface area contributed by atoms with E-state index in [1.54, 1.807) is 12.1 Å². The molecule has 1 N–H and O–H groups in total. The third-order valence-electron chi connectivity index (χ3n) is 3.68. The first-order valence-corrected chi connectivity index (χ1v) is 7.37. The zero-order valence-corrected chi connectivity index (χ0v) is 12.0. The summed E-state index contributed by atoms with van der Waals surface area (Å²) in [5, 5.41) is 3.47. The lowest BCUT2D eigenvalue weighted by Crippen LogP contribution is -2.35. The molecule has 2 rings (SSSR count). The van der Waals surface area contributed by atoms with Crippen LogP contribution in [0.5, 0.6) is 0 Å². The van der Waals surface area contributed by atoms with Gasteiger partial charge in [0, 0.05) is 24.7 Å². The number of benzene rings is 1. The van der Waals surface area contributed by atoms with Crippen LogP contribution < -0.4 is 5.32 Å². The predicted molar refractivity (Wildman–Crippen MR) is 77.7 cm³/mol. The minimum atomic E-state index is -0.101. The molecule has 0 spiro atoms. The quantitative estimate of drug-likeness (QED) is 0.775. The van der Waals surface area contributed by atoms with Crippen LogP contribution in [0.15, 0.2) is 24.3 Å². The molecule has 3 heteroatoms. The van der Waals surface area contributed by atoms with E-state index >= 15 is 0 Å². The number of hydrogen-bond acceptors (Lipinski definition) is 2. The van der Waals surface area contributed by atoms with Gasteiger partial charge >= 0.3 is 0 Å². The van der Waals surface area contributed by atoms with Crippen molar-refractivity contribution in [2.24, 2.45) is 5.92 Å². The van der Waals surface area contributed by atoms with E-state index in [1.807, 2.05) is 12.1 Å². The van der Waals surface area contributed by atoms with Gasteiger partial charge in [0.05, 0.1) is 0 Å². The molecule has 0 heterocycles. The van der Waals surface area contributed by atoms with Crippen LogP contribution >= 0.6 is 0 Å². The fourth-order valence-electron chi connectivity index (χ4n) is 2.48. The van der Waals surface area contributed by atoms with Crippen molar-refractivity contribution in [1.29, 1.82) is 0 Å². The first-order valence-electron chi connectivity index (χ1n) is 7.37. The van der Waals surface area contributed by atoms with Crippen molar-refractivity contribution in [2.45, 2.75) is 32.2 Å². The third kappa shape index (κ3) is 4.59. The van der Waals surface area contributed by atoms with Crippen LogP contribution in [0.3, 0.4) is 0 Å². The summed E-state index contributed by atoms with van der Waals surface area (Å²) in [5.74, 6) is 0.772. The average molecular weight is 264 g/mol. The van der Waals surface area contributed by atoms with Crippen LogP contribution in [0, 0.1) is 11.7 Å². The third-order valence-corrected chi connectivity index (χ3v) is 3.68. The Kier molecular flexibility index (Phi) is 5.34. The summed E-state index contributed by atoms with van der Waals surface area (Å²) in [4.78, 5) is 2.33. The molecule has 0 bridgehead atoms. The van der Waals surface area contributed by atoms with E-state index in [1.165, 1.54) is 12.8 Å². The molecule has 1 unspecified atom stereocenters. The molecule has 1 aliphatic rings. The Hall–Kier alpha value is -0.930. The van der Waals surface area contributed by atoms with Gasteiger partial charge in [-0.3, -0.25) is 0 Å². The van der Waals surface area contributed by atoms with Gasteiger partial charge in [0.15, 0.2) is 0 Å². The Morgan fingerprint density at radius 3 is 2.74 bits per heavy atom. The van der Waals surface area contributed by atoms with Crippen molar-refractivity contribution in [3.05, 3.63) is 35.6 Å². The molecule has 1 aromatic carbocycles. The maximum Gasteiger partial charge on any atom is 0.128 e. The van der Waals surface area contributed by atoms with E-state index in [9.17, 15) is 4.39 Å². The van der Waals surface area contributed by atoms with E-state index in [-0.39, 0.29) is 11.9 Å². The van der Waals surface area contributed by atoms with Gasteiger partial charge < -0.3 is 10.2 Å². The number of likely N-dealkylation sites (N-methyl/N-ethyl adjacent to an activating group) is 1. The highest BCUT2D eigenvalue weighted by atomic mass is 19.1. The molecular weight excluding hydrogens is 239 g/mol. The molecule has 1 aliphatic carbocycles. The molecule has 1 fully saturated rings. The van der Waals surface area contributed by atoms with E-state index in [2.05, 4.69) is 24.2 Å². The molecule has 0 radical (unpaired) electrons. The Labute approximate surface area is 116 Å². The van der Waals surface area contributed by atoms with Gasteiger partial charge in [-0.05, 0) is 44.8 Å². The van der Waals surface area contributed by atoms with Crippen molar-refractivity contribution < 1.29 is 4.39 Å². The summed E-state index contributed by atoms with van der Waals surface area (Å²) >= 11 is 0. The minimum absolute atomic E-state index is 0.0879. The van der Waals surface area contributed by atoms with Crippen LogP contribution in [-0.2, 0) is 0 Å². The van der Waals surface area contributed by atoms with E-state index in [0.717, 1.165) is 37.5 Å². The van der Waals surface area contributed by atoms with Gasteiger partial charge in [0.2, 0.25) is 0 Å². The van der Waals surface area contributed by atoms with Crippen LogP contribution in [0.4, 0.5) is 4.39 Å². The predicted octanol–water partition coefficient (Wildman–Crippen LogP) is 3.21. The van der Waals surface area contributed by atoms with E-state index in [4.69, 9.17) is 0 Å². The summed E-state index contributed by atoms with van der Waals surface area (Å²) in [6.07, 6.45) is 3.78. The van der Waals surface area contributed by atoms with Gasteiger partial charge in [0.1, 0.15) is 5.82 Å². The normalized spacial score (nSPS) is 16.8. The molecule has 19 heavy (non-hydrogen) atoms. The van der Waals surface area contributed by atoms with Gasteiger partial charge in [0.25, 0.3) is 0 Å². The second-order valence-corrected chi connectivity index (χ2v) is 5.69. The van der Waals surface area contributed by atoms with Crippen molar-refractivity contribution in [3.63, 3.8) is 0 Å². The number of nitrogens with zero attached hydrogens (tertiary/aromatic N) is 1. The molecule has 0 aromatic heterocycles. The SMILES string of the molecule is CCCNC(CN(C)CC1CC1)c1ccccc1F. The number of rotatable bonds is 8. The highest BCUT2D eigenvalue weighted by Crippen LogP contribution is 2.30. The minimum Gasteiger partial charge on any atom is -0.309 e. The van der Waals surface area contributed by atoms with Crippen LogP contribution in [0.25, 0.3) is 0 Å². The lowest BCUT2D eigenvalue weighted by atomic mass is 10.1. The Bertz CT molecular complexity index is 390. The van der Waals surface area contributed by atoms with Crippen molar-refractivity contribution in [3.8, 4) is 0 Å². The fraction of sp³-hybridized carbons (Fsp3) is 0.625. The maximum absolute atomic E-state index is 13.9. The maximum atomic E-state index is 13.9. The zero-order valence-electron chi connectivity index (χ0n) is 12.0. The fourth-order valence-corrected chi connectivity index (χ4v) is 2.48. The first kappa shape index (κ1) is 14.5. The smallest absolute Gasteiger partial charge is 0.128 e. The summed E-state index contributed by atoms with van der Waals surface area (Å²) in [6.45, 7) is 5.08. The number of hydrogen-bond donors (Lipinski definition) is 1. The molecule has 106 valence electrons. The van der Waals surface area contributed by atoms with Crippen LogP contribution in [-0.4, -0.2) is 31.6 Å². The van der Waals surface area contributed by atoms with Gasteiger partial charge in [-0.15, -0.1) is 0 Å². The van der Waals surface area contributed by atoms with Gasteiger partial charge in [-0.1, -0.05) is 25.1 Å². The monoisotopic (exact) mass is 264 g/mol. The molecular formula is C16H25FN2. The van der Waals surface area contributed by atoms with E-state index in [0.29, 0.717) is 0 Å². The van der Waals surface area contributed by atoms with Crippen molar-refractivity contribution in [1.82, 2.24) is 10.2 Å². The van der Waals surface area contributed by atoms with Gasteiger partial charge in [-0.25, -0.2) is 4.39 Å². The Morgan fingerprint density at radius 1 is 1.37 bits per heavy atom. The van der Waals surface area contributed by atoms with Gasteiger partial charge in [-0.2, -0.15) is 0 Å². The molecule has 2 nitrogen and oxygen atoms in total. The second-order valence-electron chi connectivity index (χ2n) is 5.69. The first-order chi connectivity index (χ1) is 9.20. The molecule has 0 aliphatic heterocycles. The highest BCUT2D eigenvalue weighted by Gasteiger charge is 2.24. The van der Waals surface area contributed by atoms with E-state index < -0.39 is 0 Å². The summed E-state index contributed by atoms with van der Waals surface area (Å²) in [7, 11) is 2.14. The largest absolute Gasteiger partial charge is 0.309 e. The molecule has 1 atom stereocenters. The molecule has 0 saturated heterocycles. The lowest BCUT2D eigenvalue weighted by molar-refractivity contribution is 0.277. The Morgan fingerprint density at radius 2 is 2.11 bits per heavy atom. The van der Waals surface area contributed by atoms with Crippen molar-refractivity contribution in [2.75, 3.05) is 26.7 Å². The highest BCUT2D eigenvalue weighted by molar-refractivity contribution is 5.21. The molecule has 1 aromatic rings. The topological polar surface area (TPSA) is 15.3 Å². The molecule has 0 amide bonds. The van der Waals surface area contributed by atoms with Crippen LogP contribution in [0.1, 0.15) is 37.8 Å². The average Bonchev–Trinajstić information content (AvgIpc) is 3.19. The standard InChI is InChI=1S/C16H25FN2/c1-3-10-18-16(12-19(2)11-13-8-9-13)14-6-4-5-7-15(14)17/h4-7,13,16,18H,3,8-12H2,1-2H3. The second kappa shape index (κ2) is 7.01. The number of nitrogens with one attached hydrogen (secondary N) is 1. The summed E-state index contributed by atoms with van der Waals surface area (Å²) in [5.41, 5.74) is 0.790. The lowest BCUT2D eigenvalue weighted by Gasteiger charge is -2.25. The Balaban J connectivity index is 1.99. The van der Waals surface area contributed by atoms with Crippen LogP contribution in [0.2, 0.25) is 0 Å². The summed E-state index contributed by atoms with van der Waals surface area (Å²) < 4.78 is 13.9. The molecule has 1 saturated carbocycles. The number of halogens is 1. The summed E-state index contributed by atoms with van der Waals surface area (Å²) in [6, 6.07) is 7.21. The zero-order chi connectivity index (χ0) is 13.7. The van der Waals surface area contributed by atoms with Crippen molar-refractivity contribution >= 4 is 0 Å².